The van der Waals surface area contributed by atoms with Gasteiger partial charge in [0.05, 0.1) is 12.0 Å². The molecule has 1 amide bonds. The monoisotopic (exact) mass is 285 g/mol. The van der Waals surface area contributed by atoms with Gasteiger partial charge in [-0.25, -0.2) is 0 Å². The first-order valence-electron chi connectivity index (χ1n) is 6.89. The molecule has 2 rings (SSSR count). The molecule has 4 nitrogen and oxygen atoms in total. The van der Waals surface area contributed by atoms with Crippen molar-refractivity contribution >= 4 is 16.7 Å². The molecule has 0 aromatic carbocycles. The third kappa shape index (κ3) is 3.45. The number of ether oxygens (including phenoxy) is 1. The largest absolute Gasteiger partial charge is 0.373 e. The normalized spacial score (nSPS) is 36.0. The SMILES string of the molecule is C=C(C)[C@H]1OCC[C@H]1C(=O)N1CC[S@](=O)C[C@H](C)C1. The minimum Gasteiger partial charge on any atom is -0.373 e. The molecule has 5 heteroatoms. The van der Waals surface area contributed by atoms with Gasteiger partial charge in [0.25, 0.3) is 0 Å². The van der Waals surface area contributed by atoms with Crippen molar-refractivity contribution < 1.29 is 13.7 Å². The number of carbonyl (C=O) groups is 1. The predicted octanol–water partition coefficient (Wildman–Crippen LogP) is 1.19. The zero-order chi connectivity index (χ0) is 14.0. The Morgan fingerprint density at radius 1 is 1.47 bits per heavy atom. The quantitative estimate of drug-likeness (QED) is 0.716. The lowest BCUT2D eigenvalue weighted by Crippen LogP contribution is -2.42. The minimum absolute atomic E-state index is 0.101. The Morgan fingerprint density at radius 3 is 2.89 bits per heavy atom. The van der Waals surface area contributed by atoms with E-state index in [2.05, 4.69) is 13.5 Å². The number of nitrogens with zero attached hydrogens (tertiary/aromatic N) is 1. The van der Waals surface area contributed by atoms with Crippen molar-refractivity contribution in [2.75, 3.05) is 31.2 Å². The van der Waals surface area contributed by atoms with E-state index in [-0.39, 0.29) is 17.9 Å². The van der Waals surface area contributed by atoms with Crippen molar-refractivity contribution in [2.24, 2.45) is 11.8 Å². The molecule has 2 fully saturated rings. The van der Waals surface area contributed by atoms with E-state index in [0.717, 1.165) is 12.0 Å². The molecule has 0 radical (unpaired) electrons. The third-order valence-corrected chi connectivity index (χ3v) is 5.38. The van der Waals surface area contributed by atoms with Crippen LogP contribution in [0.3, 0.4) is 0 Å². The first kappa shape index (κ1) is 14.7. The second-order valence-corrected chi connectivity index (χ2v) is 7.35. The highest BCUT2D eigenvalue weighted by Crippen LogP contribution is 2.28. The van der Waals surface area contributed by atoms with Crippen LogP contribution in [0.25, 0.3) is 0 Å². The molecule has 4 atom stereocenters. The standard InChI is InChI=1S/C14H23NO3S/c1-10(2)13-12(4-6-18-13)14(16)15-5-7-19(17)9-11(3)8-15/h11-13H,1,4-9H2,2-3H3/t11-,12-,13-,19+/m1/s1. The van der Waals surface area contributed by atoms with E-state index in [0.29, 0.717) is 37.1 Å². The van der Waals surface area contributed by atoms with Crippen LogP contribution in [-0.2, 0) is 20.3 Å². The van der Waals surface area contributed by atoms with Gasteiger partial charge in [0.2, 0.25) is 5.91 Å². The van der Waals surface area contributed by atoms with E-state index < -0.39 is 10.8 Å². The van der Waals surface area contributed by atoms with Crippen molar-refractivity contribution in [2.45, 2.75) is 26.4 Å². The molecule has 108 valence electrons. The van der Waals surface area contributed by atoms with Gasteiger partial charge in [0.15, 0.2) is 0 Å². The highest BCUT2D eigenvalue weighted by molar-refractivity contribution is 7.85. The summed E-state index contributed by atoms with van der Waals surface area (Å²) in [5.74, 6) is 1.65. The van der Waals surface area contributed by atoms with Crippen LogP contribution in [0.1, 0.15) is 20.3 Å². The Balaban J connectivity index is 2.06. The van der Waals surface area contributed by atoms with Gasteiger partial charge in [-0.15, -0.1) is 0 Å². The fraction of sp³-hybridized carbons (Fsp3) is 0.786. The topological polar surface area (TPSA) is 46.6 Å². The molecular weight excluding hydrogens is 262 g/mol. The summed E-state index contributed by atoms with van der Waals surface area (Å²) in [6, 6.07) is 0. The van der Waals surface area contributed by atoms with Crippen LogP contribution in [-0.4, -0.2) is 52.3 Å². The lowest BCUT2D eigenvalue weighted by molar-refractivity contribution is -0.136. The maximum absolute atomic E-state index is 12.6. The van der Waals surface area contributed by atoms with Gasteiger partial charge in [-0.1, -0.05) is 19.1 Å². The molecule has 19 heavy (non-hydrogen) atoms. The van der Waals surface area contributed by atoms with Gasteiger partial charge in [-0.05, 0) is 19.3 Å². The van der Waals surface area contributed by atoms with Gasteiger partial charge >= 0.3 is 0 Å². The zero-order valence-corrected chi connectivity index (χ0v) is 12.6. The summed E-state index contributed by atoms with van der Waals surface area (Å²) >= 11 is 0. The van der Waals surface area contributed by atoms with Crippen LogP contribution in [0.4, 0.5) is 0 Å². The maximum Gasteiger partial charge on any atom is 0.228 e. The van der Waals surface area contributed by atoms with E-state index in [1.54, 1.807) is 0 Å². The highest BCUT2D eigenvalue weighted by atomic mass is 32.2. The molecule has 0 unspecified atom stereocenters. The van der Waals surface area contributed by atoms with Crippen molar-refractivity contribution in [3.63, 3.8) is 0 Å². The molecule has 0 aromatic heterocycles. The molecule has 0 bridgehead atoms. The Hall–Kier alpha value is -0.680. The fourth-order valence-electron chi connectivity index (χ4n) is 2.90. The number of rotatable bonds is 2. The van der Waals surface area contributed by atoms with Gasteiger partial charge < -0.3 is 9.64 Å². The third-order valence-electron chi connectivity index (χ3n) is 3.80. The molecular formula is C14H23NO3S. The molecule has 2 heterocycles. The van der Waals surface area contributed by atoms with Gasteiger partial charge in [-0.2, -0.15) is 0 Å². The van der Waals surface area contributed by atoms with Crippen LogP contribution in [0.2, 0.25) is 0 Å². The van der Waals surface area contributed by atoms with E-state index in [4.69, 9.17) is 4.74 Å². The first-order valence-corrected chi connectivity index (χ1v) is 8.38. The molecule has 0 spiro atoms. The fourth-order valence-corrected chi connectivity index (χ4v) is 4.23. The summed E-state index contributed by atoms with van der Waals surface area (Å²) in [6.07, 6.45) is 0.626. The molecule has 2 aliphatic heterocycles. The molecule has 2 saturated heterocycles. The van der Waals surface area contributed by atoms with Gasteiger partial charge in [-0.3, -0.25) is 9.00 Å². The summed E-state index contributed by atoms with van der Waals surface area (Å²) < 4.78 is 17.3. The first-order chi connectivity index (χ1) is 8.99. The van der Waals surface area contributed by atoms with E-state index in [9.17, 15) is 9.00 Å². The predicted molar refractivity (Wildman–Crippen MR) is 76.3 cm³/mol. The summed E-state index contributed by atoms with van der Waals surface area (Å²) in [6.45, 7) is 9.84. The minimum atomic E-state index is -0.787. The van der Waals surface area contributed by atoms with Crippen LogP contribution in [0.5, 0.6) is 0 Å². The molecule has 0 N–H and O–H groups in total. The number of carbonyl (C=O) groups excluding carboxylic acids is 1. The number of amides is 1. The summed E-state index contributed by atoms with van der Waals surface area (Å²) in [4.78, 5) is 14.5. The second-order valence-electron chi connectivity index (χ2n) is 5.73. The van der Waals surface area contributed by atoms with Gasteiger partial charge in [0, 0.05) is 42.0 Å². The Bertz CT molecular complexity index is 396. The second kappa shape index (κ2) is 6.18. The van der Waals surface area contributed by atoms with E-state index >= 15 is 0 Å². The number of hydrogen-bond acceptors (Lipinski definition) is 3. The number of hydrogen-bond donors (Lipinski definition) is 0. The summed E-state index contributed by atoms with van der Waals surface area (Å²) in [5.41, 5.74) is 0.919. The molecule has 0 aliphatic carbocycles. The van der Waals surface area contributed by atoms with Crippen LogP contribution in [0.15, 0.2) is 12.2 Å². The Morgan fingerprint density at radius 2 is 2.21 bits per heavy atom. The summed E-state index contributed by atoms with van der Waals surface area (Å²) in [7, 11) is -0.787. The molecule has 0 aromatic rings. The highest BCUT2D eigenvalue weighted by Gasteiger charge is 2.37. The van der Waals surface area contributed by atoms with Gasteiger partial charge in [0.1, 0.15) is 0 Å². The van der Waals surface area contributed by atoms with Crippen molar-refractivity contribution in [1.82, 2.24) is 4.90 Å². The van der Waals surface area contributed by atoms with Crippen molar-refractivity contribution in [3.8, 4) is 0 Å². The van der Waals surface area contributed by atoms with Crippen LogP contribution < -0.4 is 0 Å². The van der Waals surface area contributed by atoms with Crippen molar-refractivity contribution in [3.05, 3.63) is 12.2 Å². The Labute approximate surface area is 117 Å². The molecule has 0 saturated carbocycles. The Kier molecular flexibility index (Phi) is 4.79. The van der Waals surface area contributed by atoms with Crippen molar-refractivity contribution in [1.29, 1.82) is 0 Å². The lowest BCUT2D eigenvalue weighted by atomic mass is 9.95. The lowest BCUT2D eigenvalue weighted by Gasteiger charge is -2.27. The average molecular weight is 285 g/mol. The van der Waals surface area contributed by atoms with Crippen LogP contribution in [0, 0.1) is 11.8 Å². The zero-order valence-electron chi connectivity index (χ0n) is 11.8. The average Bonchev–Trinajstić information content (AvgIpc) is 2.76. The van der Waals surface area contributed by atoms with E-state index in [1.165, 1.54) is 0 Å². The van der Waals surface area contributed by atoms with Crippen LogP contribution >= 0.6 is 0 Å². The molecule has 2 aliphatic rings. The smallest absolute Gasteiger partial charge is 0.228 e. The van der Waals surface area contributed by atoms with E-state index in [1.807, 2.05) is 11.8 Å². The maximum atomic E-state index is 12.6. The summed E-state index contributed by atoms with van der Waals surface area (Å²) in [5, 5.41) is 0.